The minimum Gasteiger partial charge on any atom is -0.497 e. The second-order valence-electron chi connectivity index (χ2n) is 7.99. The van der Waals surface area contributed by atoms with Crippen LogP contribution in [0.1, 0.15) is 36.8 Å². The molecule has 3 aromatic rings. The first kappa shape index (κ1) is 26.7. The van der Waals surface area contributed by atoms with Gasteiger partial charge in [0.05, 0.1) is 30.2 Å². The summed E-state index contributed by atoms with van der Waals surface area (Å²) in [6, 6.07) is 11.2. The van der Waals surface area contributed by atoms with Gasteiger partial charge in [0.1, 0.15) is 5.75 Å². The van der Waals surface area contributed by atoms with Crippen LogP contribution in [0.5, 0.6) is 5.75 Å². The molecular formula is C24H28N6O5S. The van der Waals surface area contributed by atoms with Crippen molar-refractivity contribution in [3.63, 3.8) is 0 Å². The molecule has 0 aliphatic rings. The molecule has 0 bridgehead atoms. The van der Waals surface area contributed by atoms with Gasteiger partial charge in [-0.3, -0.25) is 19.7 Å². The minimum atomic E-state index is -0.480. The van der Waals surface area contributed by atoms with Crippen molar-refractivity contribution in [2.45, 2.75) is 44.9 Å². The van der Waals surface area contributed by atoms with Crippen LogP contribution in [0.15, 0.2) is 47.6 Å². The van der Waals surface area contributed by atoms with E-state index in [9.17, 15) is 19.7 Å². The molecule has 0 saturated heterocycles. The summed E-state index contributed by atoms with van der Waals surface area (Å²) in [5.74, 6) is 0.975. The number of methoxy groups -OCH3 is 1. The average molecular weight is 513 g/mol. The average Bonchev–Trinajstić information content (AvgIpc) is 3.27. The fourth-order valence-electron chi connectivity index (χ4n) is 3.53. The van der Waals surface area contributed by atoms with Gasteiger partial charge in [-0.25, -0.2) is 0 Å². The number of carbonyl (C=O) groups is 2. The summed E-state index contributed by atoms with van der Waals surface area (Å²) in [4.78, 5) is 35.4. The molecular weight excluding hydrogens is 484 g/mol. The minimum absolute atomic E-state index is 0.0336. The molecule has 11 nitrogen and oxygen atoms in total. The van der Waals surface area contributed by atoms with Crippen molar-refractivity contribution >= 4 is 35.0 Å². The number of benzene rings is 2. The van der Waals surface area contributed by atoms with Crippen LogP contribution in [0.2, 0.25) is 0 Å². The van der Waals surface area contributed by atoms with E-state index in [1.165, 1.54) is 30.0 Å². The van der Waals surface area contributed by atoms with E-state index in [0.717, 1.165) is 11.3 Å². The van der Waals surface area contributed by atoms with Gasteiger partial charge in [-0.05, 0) is 50.1 Å². The van der Waals surface area contributed by atoms with Crippen molar-refractivity contribution in [1.82, 2.24) is 20.1 Å². The highest BCUT2D eigenvalue weighted by Gasteiger charge is 2.20. The second-order valence-corrected chi connectivity index (χ2v) is 8.93. The Balaban J connectivity index is 1.57. The van der Waals surface area contributed by atoms with Crippen LogP contribution in [0, 0.1) is 17.0 Å². The predicted molar refractivity (Wildman–Crippen MR) is 136 cm³/mol. The number of hydrogen-bond donors (Lipinski definition) is 2. The maximum Gasteiger partial charge on any atom is 0.269 e. The number of hydrogen-bond acceptors (Lipinski definition) is 8. The Hall–Kier alpha value is -3.93. The maximum atomic E-state index is 12.5. The lowest BCUT2D eigenvalue weighted by Crippen LogP contribution is -2.30. The normalized spacial score (nSPS) is 11.6. The number of carbonyl (C=O) groups excluding carboxylic acids is 2. The number of ether oxygens (including phenoxy) is 1. The summed E-state index contributed by atoms with van der Waals surface area (Å²) in [6.07, 6.45) is 0.221. The highest BCUT2D eigenvalue weighted by atomic mass is 32.2. The molecule has 0 saturated carbocycles. The van der Waals surface area contributed by atoms with Gasteiger partial charge in [0.25, 0.3) is 5.69 Å². The van der Waals surface area contributed by atoms with Gasteiger partial charge in [-0.1, -0.05) is 23.9 Å². The highest BCUT2D eigenvalue weighted by Crippen LogP contribution is 2.23. The monoisotopic (exact) mass is 512 g/mol. The van der Waals surface area contributed by atoms with Crippen LogP contribution in [0.3, 0.4) is 0 Å². The lowest BCUT2D eigenvalue weighted by Gasteiger charge is -2.15. The Labute approximate surface area is 212 Å². The first-order valence-corrected chi connectivity index (χ1v) is 12.2. The van der Waals surface area contributed by atoms with Gasteiger partial charge >= 0.3 is 0 Å². The molecule has 0 radical (unpaired) electrons. The SMILES string of the molecule is CCn1c(SCC(=O)Nc2ccc([N+](=O)[O-])cc2C)nnc1[C@H](C)NC(=O)Cc1ccc(OC)cc1. The zero-order valence-corrected chi connectivity index (χ0v) is 21.3. The van der Waals surface area contributed by atoms with E-state index in [-0.39, 0.29) is 35.7 Å². The van der Waals surface area contributed by atoms with E-state index < -0.39 is 4.92 Å². The number of nitrogens with zero attached hydrogens (tertiary/aromatic N) is 4. The summed E-state index contributed by atoms with van der Waals surface area (Å²) in [5.41, 5.74) is 1.94. The Bertz CT molecular complexity index is 1240. The molecule has 190 valence electrons. The third-order valence-electron chi connectivity index (χ3n) is 5.38. The van der Waals surface area contributed by atoms with Crippen LogP contribution in [-0.4, -0.2) is 44.4 Å². The lowest BCUT2D eigenvalue weighted by atomic mass is 10.1. The smallest absolute Gasteiger partial charge is 0.269 e. The number of anilines is 1. The van der Waals surface area contributed by atoms with Crippen LogP contribution < -0.4 is 15.4 Å². The molecule has 0 fully saturated rings. The highest BCUT2D eigenvalue weighted by molar-refractivity contribution is 7.99. The van der Waals surface area contributed by atoms with Crippen molar-refractivity contribution in [2.24, 2.45) is 0 Å². The van der Waals surface area contributed by atoms with Crippen molar-refractivity contribution in [3.8, 4) is 5.75 Å². The van der Waals surface area contributed by atoms with Crippen molar-refractivity contribution in [3.05, 3.63) is 69.5 Å². The predicted octanol–water partition coefficient (Wildman–Crippen LogP) is 3.67. The van der Waals surface area contributed by atoms with E-state index in [4.69, 9.17) is 4.74 Å². The Morgan fingerprint density at radius 3 is 2.50 bits per heavy atom. The summed E-state index contributed by atoms with van der Waals surface area (Å²) < 4.78 is 6.99. The van der Waals surface area contributed by atoms with Gasteiger partial charge in [0, 0.05) is 24.4 Å². The molecule has 1 atom stereocenters. The van der Waals surface area contributed by atoms with Gasteiger partial charge < -0.3 is 19.9 Å². The molecule has 2 amide bonds. The number of nitro benzene ring substituents is 1. The second kappa shape index (κ2) is 12.2. The summed E-state index contributed by atoms with van der Waals surface area (Å²) in [5, 5.41) is 25.6. The van der Waals surface area contributed by atoms with E-state index in [0.29, 0.717) is 28.8 Å². The maximum absolute atomic E-state index is 12.5. The molecule has 2 aromatic carbocycles. The molecule has 0 unspecified atom stereocenters. The molecule has 0 aliphatic heterocycles. The van der Waals surface area contributed by atoms with Gasteiger partial charge in [0.2, 0.25) is 11.8 Å². The molecule has 36 heavy (non-hydrogen) atoms. The van der Waals surface area contributed by atoms with E-state index in [1.807, 2.05) is 42.7 Å². The topological polar surface area (TPSA) is 141 Å². The fraction of sp³-hybridized carbons (Fsp3) is 0.333. The molecule has 2 N–H and O–H groups in total. The van der Waals surface area contributed by atoms with Crippen LogP contribution in [0.4, 0.5) is 11.4 Å². The molecule has 0 spiro atoms. The standard InChI is InChI=1S/C24H28N6O5S/c1-5-29-23(16(3)25-21(31)13-17-6-9-19(35-4)10-7-17)27-28-24(29)36-14-22(32)26-20-11-8-18(30(33)34)12-15(20)2/h6-12,16H,5,13-14H2,1-4H3,(H,25,31)(H,26,32)/t16-/m0/s1. The van der Waals surface area contributed by atoms with E-state index >= 15 is 0 Å². The largest absolute Gasteiger partial charge is 0.497 e. The summed E-state index contributed by atoms with van der Waals surface area (Å²) >= 11 is 1.22. The first-order valence-electron chi connectivity index (χ1n) is 11.2. The van der Waals surface area contributed by atoms with E-state index in [2.05, 4.69) is 20.8 Å². The third kappa shape index (κ3) is 6.81. The zero-order valence-electron chi connectivity index (χ0n) is 20.5. The number of thioether (sulfide) groups is 1. The van der Waals surface area contributed by atoms with Crippen LogP contribution in [0.25, 0.3) is 0 Å². The first-order chi connectivity index (χ1) is 17.2. The quantitative estimate of drug-likeness (QED) is 0.225. The Morgan fingerprint density at radius 1 is 1.17 bits per heavy atom. The van der Waals surface area contributed by atoms with Crippen molar-refractivity contribution < 1.29 is 19.2 Å². The molecule has 0 aliphatic carbocycles. The summed E-state index contributed by atoms with van der Waals surface area (Å²) in [6.45, 7) is 6.02. The zero-order chi connectivity index (χ0) is 26.2. The number of amides is 2. The third-order valence-corrected chi connectivity index (χ3v) is 6.34. The number of non-ortho nitro benzene ring substituents is 1. The Kier molecular flexibility index (Phi) is 9.01. The fourth-order valence-corrected chi connectivity index (χ4v) is 4.34. The number of nitro groups is 1. The lowest BCUT2D eigenvalue weighted by molar-refractivity contribution is -0.384. The van der Waals surface area contributed by atoms with Gasteiger partial charge in [-0.15, -0.1) is 10.2 Å². The van der Waals surface area contributed by atoms with E-state index in [1.54, 1.807) is 14.0 Å². The van der Waals surface area contributed by atoms with Crippen molar-refractivity contribution in [2.75, 3.05) is 18.2 Å². The van der Waals surface area contributed by atoms with Crippen LogP contribution >= 0.6 is 11.8 Å². The van der Waals surface area contributed by atoms with Gasteiger partial charge in [0.15, 0.2) is 11.0 Å². The molecule has 12 heteroatoms. The number of aryl methyl sites for hydroxylation is 1. The number of rotatable bonds is 11. The van der Waals surface area contributed by atoms with Crippen molar-refractivity contribution in [1.29, 1.82) is 0 Å². The number of aromatic nitrogens is 3. The number of nitrogens with one attached hydrogen (secondary N) is 2. The molecule has 1 aromatic heterocycles. The van der Waals surface area contributed by atoms with Gasteiger partial charge in [-0.2, -0.15) is 0 Å². The molecule has 1 heterocycles. The van der Waals surface area contributed by atoms with Crippen LogP contribution in [-0.2, 0) is 22.6 Å². The summed E-state index contributed by atoms with van der Waals surface area (Å²) in [7, 11) is 1.59. The Morgan fingerprint density at radius 2 is 1.89 bits per heavy atom. The molecule has 3 rings (SSSR count).